The SMILES string of the molecule is C=CC[C@]1(O)CC[C@@]2(C)[C@@H](CC[C@@H]3[C@@H]2CC[C@]2(C)[C@@H](O[Si](C)(C)C(C)(C)C)CC[C@@H]32)C1. The Morgan fingerprint density at radius 2 is 1.65 bits per heavy atom. The van der Waals surface area contributed by atoms with Gasteiger partial charge in [-0.3, -0.25) is 0 Å². The molecule has 31 heavy (non-hydrogen) atoms. The Morgan fingerprint density at radius 3 is 2.29 bits per heavy atom. The highest BCUT2D eigenvalue weighted by atomic mass is 28.4. The lowest BCUT2D eigenvalue weighted by Crippen LogP contribution is -2.57. The smallest absolute Gasteiger partial charge is 0.192 e. The average molecular weight is 447 g/mol. The van der Waals surface area contributed by atoms with E-state index in [0.717, 1.165) is 37.0 Å². The van der Waals surface area contributed by atoms with E-state index in [1.807, 2.05) is 6.08 Å². The fraction of sp³-hybridized carbons (Fsp3) is 0.929. The van der Waals surface area contributed by atoms with Crippen molar-refractivity contribution in [2.24, 2.45) is 34.5 Å². The summed E-state index contributed by atoms with van der Waals surface area (Å²) in [5, 5.41) is 11.4. The monoisotopic (exact) mass is 446 g/mol. The van der Waals surface area contributed by atoms with Gasteiger partial charge in [0.1, 0.15) is 0 Å². The summed E-state index contributed by atoms with van der Waals surface area (Å²) in [5.41, 5.74) is 0.311. The van der Waals surface area contributed by atoms with E-state index in [-0.39, 0.29) is 5.04 Å². The first-order chi connectivity index (χ1) is 14.3. The molecule has 0 bridgehead atoms. The van der Waals surface area contributed by atoms with Gasteiger partial charge in [-0.2, -0.15) is 0 Å². The Bertz CT molecular complexity index is 696. The molecule has 0 aromatic heterocycles. The molecule has 4 fully saturated rings. The van der Waals surface area contributed by atoms with Crippen LogP contribution in [-0.4, -0.2) is 25.1 Å². The lowest BCUT2D eigenvalue weighted by molar-refractivity contribution is -0.153. The predicted molar refractivity (Wildman–Crippen MR) is 134 cm³/mol. The number of aliphatic hydroxyl groups is 1. The molecule has 4 aliphatic rings. The van der Waals surface area contributed by atoms with E-state index in [0.29, 0.717) is 22.9 Å². The second-order valence-corrected chi connectivity index (χ2v) is 18.8. The van der Waals surface area contributed by atoms with Crippen molar-refractivity contribution in [2.45, 2.75) is 129 Å². The van der Waals surface area contributed by atoms with Crippen LogP contribution >= 0.6 is 0 Å². The van der Waals surface area contributed by atoms with Gasteiger partial charge >= 0.3 is 0 Å². The maximum absolute atomic E-state index is 11.1. The van der Waals surface area contributed by atoms with Gasteiger partial charge in [0.2, 0.25) is 0 Å². The average Bonchev–Trinajstić information content (AvgIpc) is 2.98. The fourth-order valence-corrected chi connectivity index (χ4v) is 9.91. The summed E-state index contributed by atoms with van der Waals surface area (Å²) in [5.74, 6) is 3.26. The first-order valence-electron chi connectivity index (χ1n) is 13.3. The van der Waals surface area contributed by atoms with Crippen LogP contribution in [0.5, 0.6) is 0 Å². The van der Waals surface area contributed by atoms with Gasteiger partial charge in [-0.15, -0.1) is 6.58 Å². The third kappa shape index (κ3) is 3.83. The highest BCUT2D eigenvalue weighted by Crippen LogP contribution is 2.67. The van der Waals surface area contributed by atoms with Crippen LogP contribution in [0.3, 0.4) is 0 Å². The Labute approximate surface area is 193 Å². The topological polar surface area (TPSA) is 29.5 Å². The molecule has 0 saturated heterocycles. The van der Waals surface area contributed by atoms with Gasteiger partial charge in [-0.25, -0.2) is 0 Å². The lowest BCUT2D eigenvalue weighted by atomic mass is 9.44. The zero-order valence-electron chi connectivity index (χ0n) is 21.6. The molecule has 0 heterocycles. The van der Waals surface area contributed by atoms with E-state index < -0.39 is 13.9 Å². The predicted octanol–water partition coefficient (Wildman–Crippen LogP) is 7.73. The molecule has 0 unspecified atom stereocenters. The van der Waals surface area contributed by atoms with Crippen LogP contribution in [0.2, 0.25) is 18.1 Å². The molecule has 1 N–H and O–H groups in total. The summed E-state index contributed by atoms with van der Waals surface area (Å²) in [6, 6.07) is 0. The van der Waals surface area contributed by atoms with Crippen LogP contribution in [0, 0.1) is 34.5 Å². The first kappa shape index (κ1) is 24.0. The molecule has 4 rings (SSSR count). The van der Waals surface area contributed by atoms with E-state index in [1.54, 1.807) is 0 Å². The summed E-state index contributed by atoms with van der Waals surface area (Å²) in [6.07, 6.45) is 14.4. The van der Waals surface area contributed by atoms with Crippen LogP contribution in [0.4, 0.5) is 0 Å². The van der Waals surface area contributed by atoms with E-state index in [9.17, 15) is 5.11 Å². The molecule has 2 nitrogen and oxygen atoms in total. The van der Waals surface area contributed by atoms with Gasteiger partial charge in [0, 0.05) is 0 Å². The maximum Gasteiger partial charge on any atom is 0.192 e. The molecular weight excluding hydrogens is 396 g/mol. The number of fused-ring (bicyclic) bond motifs is 5. The Kier molecular flexibility index (Phi) is 5.97. The van der Waals surface area contributed by atoms with Crippen LogP contribution < -0.4 is 0 Å². The minimum Gasteiger partial charge on any atom is -0.413 e. The Hall–Kier alpha value is -0.123. The minimum absolute atomic E-state index is 0.286. The van der Waals surface area contributed by atoms with E-state index in [2.05, 4.69) is 54.3 Å². The zero-order chi connectivity index (χ0) is 22.9. The summed E-state index contributed by atoms with van der Waals surface area (Å²) in [7, 11) is -1.74. The van der Waals surface area contributed by atoms with Gasteiger partial charge in [0.05, 0.1) is 11.7 Å². The summed E-state index contributed by atoms with van der Waals surface area (Å²) >= 11 is 0. The van der Waals surface area contributed by atoms with E-state index >= 15 is 0 Å². The van der Waals surface area contributed by atoms with Crippen molar-refractivity contribution in [1.82, 2.24) is 0 Å². The number of hydrogen-bond donors (Lipinski definition) is 1. The van der Waals surface area contributed by atoms with Crippen molar-refractivity contribution in [3.05, 3.63) is 12.7 Å². The quantitative estimate of drug-likeness (QED) is 0.353. The Balaban J connectivity index is 1.52. The van der Waals surface area contributed by atoms with Crippen molar-refractivity contribution in [2.75, 3.05) is 0 Å². The fourth-order valence-electron chi connectivity index (χ4n) is 8.45. The van der Waals surface area contributed by atoms with Crippen LogP contribution in [0.25, 0.3) is 0 Å². The van der Waals surface area contributed by atoms with Crippen LogP contribution in [0.1, 0.15) is 98.8 Å². The summed E-state index contributed by atoms with van der Waals surface area (Å²) < 4.78 is 7.10. The molecule has 0 radical (unpaired) electrons. The van der Waals surface area contributed by atoms with Gasteiger partial charge in [-0.05, 0) is 117 Å². The molecule has 0 aromatic carbocycles. The molecule has 178 valence electrons. The largest absolute Gasteiger partial charge is 0.413 e. The lowest BCUT2D eigenvalue weighted by Gasteiger charge is -2.62. The molecular formula is C28H50O2Si. The van der Waals surface area contributed by atoms with Crippen molar-refractivity contribution >= 4 is 8.32 Å². The number of rotatable bonds is 4. The molecule has 4 saturated carbocycles. The normalized spacial score (nSPS) is 47.9. The van der Waals surface area contributed by atoms with Gasteiger partial charge in [-0.1, -0.05) is 40.7 Å². The van der Waals surface area contributed by atoms with E-state index in [1.165, 1.54) is 44.9 Å². The molecule has 0 aromatic rings. The molecule has 0 spiro atoms. The first-order valence-corrected chi connectivity index (χ1v) is 16.2. The highest BCUT2D eigenvalue weighted by molar-refractivity contribution is 6.74. The van der Waals surface area contributed by atoms with Crippen molar-refractivity contribution < 1.29 is 9.53 Å². The Morgan fingerprint density at radius 1 is 0.968 bits per heavy atom. The molecule has 0 amide bonds. The van der Waals surface area contributed by atoms with Crippen molar-refractivity contribution in [1.29, 1.82) is 0 Å². The van der Waals surface area contributed by atoms with Crippen LogP contribution in [-0.2, 0) is 4.43 Å². The van der Waals surface area contributed by atoms with Crippen LogP contribution in [0.15, 0.2) is 12.7 Å². The van der Waals surface area contributed by atoms with E-state index in [4.69, 9.17) is 4.43 Å². The minimum atomic E-state index is -1.74. The molecule has 4 aliphatic carbocycles. The van der Waals surface area contributed by atoms with Gasteiger partial charge < -0.3 is 9.53 Å². The summed E-state index contributed by atoms with van der Waals surface area (Å²) in [6.45, 7) is 21.1. The molecule has 8 atom stereocenters. The zero-order valence-corrected chi connectivity index (χ0v) is 22.6. The summed E-state index contributed by atoms with van der Waals surface area (Å²) in [4.78, 5) is 0. The maximum atomic E-state index is 11.1. The third-order valence-electron chi connectivity index (χ3n) is 11.5. The second kappa shape index (κ2) is 7.70. The highest BCUT2D eigenvalue weighted by Gasteiger charge is 2.62. The second-order valence-electron chi connectivity index (χ2n) is 14.1. The standard InChI is InChI=1S/C28H50O2Si/c1-9-15-28(29)18-17-26(5)20(19-28)10-11-21-22-12-13-24(27(22,6)16-14-23(21)26)30-31(7,8)25(2,3)4/h9,20-24,29H,1,10-19H2,2-8H3/t20-,21-,22-,23-,24-,26-,27-,28-/m0/s1. The van der Waals surface area contributed by atoms with Crippen molar-refractivity contribution in [3.8, 4) is 0 Å². The van der Waals surface area contributed by atoms with Gasteiger partial charge in [0.25, 0.3) is 0 Å². The molecule has 3 heteroatoms. The third-order valence-corrected chi connectivity index (χ3v) is 16.0. The van der Waals surface area contributed by atoms with Crippen molar-refractivity contribution in [3.63, 3.8) is 0 Å². The molecule has 0 aliphatic heterocycles. The number of hydrogen-bond acceptors (Lipinski definition) is 2. The van der Waals surface area contributed by atoms with Gasteiger partial charge in [0.15, 0.2) is 8.32 Å².